The molecule has 0 spiro atoms. The van der Waals surface area contributed by atoms with E-state index in [-0.39, 0.29) is 0 Å². The molecule has 2 aliphatic heterocycles. The Labute approximate surface area is 110 Å². The maximum atomic E-state index is 12.3. The van der Waals surface area contributed by atoms with E-state index in [0.29, 0.717) is 24.4 Å². The second-order valence-electron chi connectivity index (χ2n) is 5.90. The van der Waals surface area contributed by atoms with Crippen LogP contribution < -0.4 is 5.73 Å². The minimum atomic E-state index is 0.319. The van der Waals surface area contributed by atoms with Gasteiger partial charge in [0.25, 0.3) is 0 Å². The van der Waals surface area contributed by atoms with Gasteiger partial charge in [-0.3, -0.25) is 9.69 Å². The van der Waals surface area contributed by atoms with E-state index in [4.69, 9.17) is 5.73 Å². The second kappa shape index (κ2) is 6.53. The van der Waals surface area contributed by atoms with Crippen molar-refractivity contribution in [2.45, 2.75) is 45.1 Å². The first-order chi connectivity index (χ1) is 8.70. The molecule has 4 nitrogen and oxygen atoms in total. The molecule has 2 atom stereocenters. The van der Waals surface area contributed by atoms with Crippen LogP contribution >= 0.6 is 0 Å². The minimum Gasteiger partial charge on any atom is -0.342 e. The van der Waals surface area contributed by atoms with Gasteiger partial charge in [-0.05, 0) is 51.5 Å². The van der Waals surface area contributed by atoms with Crippen molar-refractivity contribution in [3.05, 3.63) is 0 Å². The Morgan fingerprint density at radius 1 is 1.22 bits per heavy atom. The van der Waals surface area contributed by atoms with Gasteiger partial charge in [0.1, 0.15) is 0 Å². The number of carbonyl (C=O) groups is 1. The molecule has 2 heterocycles. The summed E-state index contributed by atoms with van der Waals surface area (Å²) in [4.78, 5) is 16.6. The summed E-state index contributed by atoms with van der Waals surface area (Å²) in [5, 5.41) is 0. The van der Waals surface area contributed by atoms with Crippen molar-refractivity contribution in [3.63, 3.8) is 0 Å². The first-order valence-corrected chi connectivity index (χ1v) is 7.42. The zero-order valence-electron chi connectivity index (χ0n) is 11.6. The molecule has 2 saturated heterocycles. The van der Waals surface area contributed by atoms with Crippen LogP contribution in [0, 0.1) is 5.92 Å². The molecule has 0 aliphatic carbocycles. The lowest BCUT2D eigenvalue weighted by Crippen LogP contribution is -2.49. The molecule has 0 aromatic carbocycles. The number of nitrogens with zero attached hydrogens (tertiary/aromatic N) is 2. The van der Waals surface area contributed by atoms with Crippen molar-refractivity contribution in [3.8, 4) is 0 Å². The molecule has 18 heavy (non-hydrogen) atoms. The summed E-state index contributed by atoms with van der Waals surface area (Å²) < 4.78 is 0. The number of hydrogen-bond donors (Lipinski definition) is 1. The summed E-state index contributed by atoms with van der Waals surface area (Å²) in [6.07, 6.45) is 6.01. The van der Waals surface area contributed by atoms with Gasteiger partial charge in [0.05, 0.1) is 6.54 Å². The number of nitrogens with two attached hydrogens (primary N) is 1. The summed E-state index contributed by atoms with van der Waals surface area (Å²) in [5.74, 6) is 0.898. The van der Waals surface area contributed by atoms with Crippen molar-refractivity contribution in [1.82, 2.24) is 9.80 Å². The largest absolute Gasteiger partial charge is 0.342 e. The maximum absolute atomic E-state index is 12.3. The van der Waals surface area contributed by atoms with Gasteiger partial charge in [-0.15, -0.1) is 0 Å². The predicted octanol–water partition coefficient (Wildman–Crippen LogP) is 1.06. The van der Waals surface area contributed by atoms with Gasteiger partial charge >= 0.3 is 0 Å². The highest BCUT2D eigenvalue weighted by atomic mass is 16.2. The van der Waals surface area contributed by atoms with Crippen LogP contribution in [0.1, 0.15) is 39.0 Å². The van der Waals surface area contributed by atoms with E-state index in [1.54, 1.807) is 0 Å². The zero-order valence-corrected chi connectivity index (χ0v) is 11.6. The van der Waals surface area contributed by atoms with E-state index in [9.17, 15) is 4.79 Å². The van der Waals surface area contributed by atoms with E-state index in [1.807, 2.05) is 4.90 Å². The van der Waals surface area contributed by atoms with Crippen molar-refractivity contribution < 1.29 is 4.79 Å². The molecular weight excluding hydrogens is 226 g/mol. The average Bonchev–Trinajstić information content (AvgIpc) is 2.42. The van der Waals surface area contributed by atoms with Crippen LogP contribution in [0.3, 0.4) is 0 Å². The van der Waals surface area contributed by atoms with Crippen molar-refractivity contribution >= 4 is 5.91 Å². The van der Waals surface area contributed by atoms with Gasteiger partial charge < -0.3 is 10.6 Å². The van der Waals surface area contributed by atoms with E-state index < -0.39 is 0 Å². The smallest absolute Gasteiger partial charge is 0.236 e. The topological polar surface area (TPSA) is 49.6 Å². The summed E-state index contributed by atoms with van der Waals surface area (Å²) in [6, 6.07) is 0.529. The summed E-state index contributed by atoms with van der Waals surface area (Å²) in [6.45, 7) is 6.50. The van der Waals surface area contributed by atoms with E-state index in [2.05, 4.69) is 11.8 Å². The van der Waals surface area contributed by atoms with Gasteiger partial charge in [-0.25, -0.2) is 0 Å². The standard InChI is InChI=1S/C14H27N3O/c1-12-5-6-13(9-15)10-17(12)11-14(18)16-7-3-2-4-8-16/h12-13H,2-11,15H2,1H3. The van der Waals surface area contributed by atoms with Crippen LogP contribution in [0.5, 0.6) is 0 Å². The molecule has 4 heteroatoms. The Morgan fingerprint density at radius 3 is 2.61 bits per heavy atom. The van der Waals surface area contributed by atoms with Crippen molar-refractivity contribution in [2.75, 3.05) is 32.7 Å². The first-order valence-electron chi connectivity index (χ1n) is 7.42. The lowest BCUT2D eigenvalue weighted by atomic mass is 9.93. The van der Waals surface area contributed by atoms with E-state index >= 15 is 0 Å². The molecule has 2 rings (SSSR count). The molecular formula is C14H27N3O. The number of hydrogen-bond acceptors (Lipinski definition) is 3. The summed E-state index contributed by atoms with van der Waals surface area (Å²) in [5.41, 5.74) is 5.76. The molecule has 0 radical (unpaired) electrons. The lowest BCUT2D eigenvalue weighted by molar-refractivity contribution is -0.134. The zero-order chi connectivity index (χ0) is 13.0. The van der Waals surface area contributed by atoms with Crippen molar-refractivity contribution in [1.29, 1.82) is 0 Å². The van der Waals surface area contributed by atoms with Crippen LogP contribution in [0.2, 0.25) is 0 Å². The van der Waals surface area contributed by atoms with E-state index in [1.165, 1.54) is 32.1 Å². The Balaban J connectivity index is 1.84. The highest BCUT2D eigenvalue weighted by molar-refractivity contribution is 5.78. The van der Waals surface area contributed by atoms with Gasteiger partial charge in [-0.2, -0.15) is 0 Å². The third-order valence-electron chi connectivity index (χ3n) is 4.49. The highest BCUT2D eigenvalue weighted by Crippen LogP contribution is 2.21. The van der Waals surface area contributed by atoms with Gasteiger partial charge in [0, 0.05) is 25.7 Å². The van der Waals surface area contributed by atoms with Crippen LogP contribution in [0.25, 0.3) is 0 Å². The Morgan fingerprint density at radius 2 is 1.94 bits per heavy atom. The third-order valence-corrected chi connectivity index (χ3v) is 4.49. The van der Waals surface area contributed by atoms with Crippen molar-refractivity contribution in [2.24, 2.45) is 11.7 Å². The highest BCUT2D eigenvalue weighted by Gasteiger charge is 2.27. The minimum absolute atomic E-state index is 0.319. The molecule has 0 aromatic heterocycles. The number of piperidine rings is 2. The Hall–Kier alpha value is -0.610. The SMILES string of the molecule is CC1CCC(CN)CN1CC(=O)N1CCCCC1. The van der Waals surface area contributed by atoms with Crippen LogP contribution in [0.4, 0.5) is 0 Å². The molecule has 2 aliphatic rings. The molecule has 1 amide bonds. The maximum Gasteiger partial charge on any atom is 0.236 e. The molecule has 104 valence electrons. The van der Waals surface area contributed by atoms with Gasteiger partial charge in [-0.1, -0.05) is 0 Å². The quantitative estimate of drug-likeness (QED) is 0.818. The molecule has 2 fully saturated rings. The number of likely N-dealkylation sites (tertiary alicyclic amines) is 2. The third kappa shape index (κ3) is 3.45. The lowest BCUT2D eigenvalue weighted by Gasteiger charge is -2.38. The number of rotatable bonds is 3. The first kappa shape index (κ1) is 13.8. The van der Waals surface area contributed by atoms with Gasteiger partial charge in [0.15, 0.2) is 0 Å². The Kier molecular flexibility index (Phi) is 5.01. The molecule has 2 unspecified atom stereocenters. The van der Waals surface area contributed by atoms with E-state index in [0.717, 1.165) is 26.2 Å². The van der Waals surface area contributed by atoms with Crippen LogP contribution in [0.15, 0.2) is 0 Å². The fourth-order valence-corrected chi connectivity index (χ4v) is 3.09. The van der Waals surface area contributed by atoms with Gasteiger partial charge in [0.2, 0.25) is 5.91 Å². The fourth-order valence-electron chi connectivity index (χ4n) is 3.09. The monoisotopic (exact) mass is 253 g/mol. The number of carbonyl (C=O) groups excluding carboxylic acids is 1. The molecule has 0 saturated carbocycles. The summed E-state index contributed by atoms with van der Waals surface area (Å²) in [7, 11) is 0. The normalized spacial score (nSPS) is 30.4. The number of amides is 1. The Bertz CT molecular complexity index is 276. The second-order valence-corrected chi connectivity index (χ2v) is 5.90. The predicted molar refractivity (Wildman–Crippen MR) is 73.2 cm³/mol. The molecule has 0 aromatic rings. The van der Waals surface area contributed by atoms with Crippen LogP contribution in [-0.2, 0) is 4.79 Å². The fraction of sp³-hybridized carbons (Fsp3) is 0.929. The summed E-state index contributed by atoms with van der Waals surface area (Å²) >= 11 is 0. The average molecular weight is 253 g/mol. The van der Waals surface area contributed by atoms with Crippen LogP contribution in [-0.4, -0.2) is 54.5 Å². The molecule has 2 N–H and O–H groups in total. The molecule has 0 bridgehead atoms.